The van der Waals surface area contributed by atoms with E-state index in [0.717, 1.165) is 28.3 Å². The molecule has 3 aromatic carbocycles. The fourth-order valence-electron chi connectivity index (χ4n) is 4.04. The van der Waals surface area contributed by atoms with Crippen LogP contribution < -0.4 is 25.1 Å². The van der Waals surface area contributed by atoms with Gasteiger partial charge in [-0.1, -0.05) is 6.92 Å². The van der Waals surface area contributed by atoms with Crippen molar-refractivity contribution in [2.45, 2.75) is 13.3 Å². The van der Waals surface area contributed by atoms with Crippen LogP contribution in [0, 0.1) is 0 Å². The third-order valence-electron chi connectivity index (χ3n) is 6.10. The van der Waals surface area contributed by atoms with Gasteiger partial charge >= 0.3 is 0 Å². The summed E-state index contributed by atoms with van der Waals surface area (Å²) in [5, 5.41) is 4.15. The van der Waals surface area contributed by atoms with E-state index in [1.165, 1.54) is 11.3 Å². The number of nitrogens with one attached hydrogen (secondary N) is 1. The highest BCUT2D eigenvalue weighted by atomic mass is 32.1. The third-order valence-corrected chi connectivity index (χ3v) is 7.22. The summed E-state index contributed by atoms with van der Waals surface area (Å²) in [5.41, 5.74) is 3.42. The van der Waals surface area contributed by atoms with Crippen LogP contribution in [0.2, 0.25) is 0 Å². The molecule has 0 saturated carbocycles. The third kappa shape index (κ3) is 5.63. The number of benzene rings is 3. The molecule has 1 amide bonds. The fourth-order valence-corrected chi connectivity index (χ4v) is 4.96. The lowest BCUT2D eigenvalue weighted by molar-refractivity contribution is 0.102. The zero-order chi connectivity index (χ0) is 27.4. The van der Waals surface area contributed by atoms with E-state index in [2.05, 4.69) is 17.2 Å². The molecular weight excluding hydrogens is 514 g/mol. The van der Waals surface area contributed by atoms with Crippen LogP contribution in [0.25, 0.3) is 22.2 Å². The maximum Gasteiger partial charge on any atom is 0.262 e. The number of amides is 1. The van der Waals surface area contributed by atoms with Crippen LogP contribution in [0.15, 0.2) is 82.2 Å². The molecule has 0 spiro atoms. The van der Waals surface area contributed by atoms with Gasteiger partial charge in [-0.25, -0.2) is 9.98 Å². The van der Waals surface area contributed by atoms with Gasteiger partial charge < -0.3 is 18.6 Å². The first-order valence-corrected chi connectivity index (χ1v) is 13.1. The number of methoxy groups -OCH3 is 3. The molecule has 5 rings (SSSR count). The van der Waals surface area contributed by atoms with E-state index in [4.69, 9.17) is 23.6 Å². The van der Waals surface area contributed by atoms with Gasteiger partial charge in [-0.15, -0.1) is 11.3 Å². The van der Waals surface area contributed by atoms with Crippen molar-refractivity contribution in [3.63, 3.8) is 0 Å². The number of hydrogen-bond acceptors (Lipinski definition) is 8. The summed E-state index contributed by atoms with van der Waals surface area (Å²) in [4.78, 5) is 24.1. The lowest BCUT2D eigenvalue weighted by Gasteiger charge is -2.07. The number of aromatic nitrogens is 1. The summed E-state index contributed by atoms with van der Waals surface area (Å²) in [6.45, 7) is 2.06. The second-order valence-electron chi connectivity index (χ2n) is 8.51. The molecule has 9 heteroatoms. The van der Waals surface area contributed by atoms with Crippen molar-refractivity contribution in [3.8, 4) is 28.5 Å². The molecular formula is C30H27N3O5S. The van der Waals surface area contributed by atoms with Crippen LogP contribution >= 0.6 is 11.3 Å². The molecule has 0 saturated heterocycles. The largest absolute Gasteiger partial charge is 0.497 e. The van der Waals surface area contributed by atoms with Crippen molar-refractivity contribution in [3.05, 3.63) is 88.8 Å². The fraction of sp³-hybridized carbons (Fsp3) is 0.167. The zero-order valence-corrected chi connectivity index (χ0v) is 22.8. The summed E-state index contributed by atoms with van der Waals surface area (Å²) in [6, 6.07) is 22.0. The van der Waals surface area contributed by atoms with Crippen molar-refractivity contribution >= 4 is 39.0 Å². The predicted molar refractivity (Wildman–Crippen MR) is 152 cm³/mol. The van der Waals surface area contributed by atoms with Crippen molar-refractivity contribution in [2.24, 2.45) is 4.99 Å². The van der Waals surface area contributed by atoms with Crippen LogP contribution in [0.3, 0.4) is 0 Å². The maximum absolute atomic E-state index is 13.6. The molecule has 5 aromatic rings. The number of thiazole rings is 1. The summed E-state index contributed by atoms with van der Waals surface area (Å²) in [6.07, 6.45) is 0.776. The number of carbonyl (C=O) groups excluding carboxylic acids is 1. The summed E-state index contributed by atoms with van der Waals surface area (Å²) >= 11 is 1.44. The highest BCUT2D eigenvalue weighted by Crippen LogP contribution is 2.33. The second kappa shape index (κ2) is 11.4. The molecule has 2 aromatic heterocycles. The Hall–Kier alpha value is -4.63. The summed E-state index contributed by atoms with van der Waals surface area (Å²) in [7, 11) is 4.82. The Bertz CT molecular complexity index is 1690. The molecule has 0 atom stereocenters. The van der Waals surface area contributed by atoms with Crippen LogP contribution in [-0.2, 0) is 6.42 Å². The van der Waals surface area contributed by atoms with Gasteiger partial charge in [0.15, 0.2) is 5.13 Å². The van der Waals surface area contributed by atoms with Crippen molar-refractivity contribution < 1.29 is 23.4 Å². The first-order valence-electron chi connectivity index (χ1n) is 12.3. The van der Waals surface area contributed by atoms with Gasteiger partial charge in [-0.3, -0.25) is 10.1 Å². The first kappa shape index (κ1) is 26.0. The van der Waals surface area contributed by atoms with Gasteiger partial charge in [-0.05, 0) is 79.2 Å². The molecule has 0 unspecified atom stereocenters. The molecule has 1 N–H and O–H groups in total. The number of hydrogen-bond donors (Lipinski definition) is 1. The minimum absolute atomic E-state index is 0.179. The van der Waals surface area contributed by atoms with Gasteiger partial charge in [0.2, 0.25) is 5.55 Å². The van der Waals surface area contributed by atoms with E-state index in [1.54, 1.807) is 63.8 Å². The zero-order valence-electron chi connectivity index (χ0n) is 22.0. The smallest absolute Gasteiger partial charge is 0.262 e. The summed E-state index contributed by atoms with van der Waals surface area (Å²) in [5.74, 6) is 1.75. The average molecular weight is 542 g/mol. The number of carbonyl (C=O) groups is 1. The number of anilines is 1. The highest BCUT2D eigenvalue weighted by molar-refractivity contribution is 7.16. The Labute approximate surface area is 229 Å². The molecule has 0 aliphatic rings. The summed E-state index contributed by atoms with van der Waals surface area (Å²) < 4.78 is 22.0. The Kier molecular flexibility index (Phi) is 7.60. The number of rotatable bonds is 8. The molecule has 0 aliphatic carbocycles. The van der Waals surface area contributed by atoms with Gasteiger partial charge in [0, 0.05) is 15.8 Å². The highest BCUT2D eigenvalue weighted by Gasteiger charge is 2.18. The Morgan fingerprint density at radius 1 is 0.897 bits per heavy atom. The quantitative estimate of drug-likeness (QED) is 0.237. The molecule has 0 radical (unpaired) electrons. The maximum atomic E-state index is 13.6. The molecule has 2 heterocycles. The van der Waals surface area contributed by atoms with E-state index in [9.17, 15) is 4.79 Å². The van der Waals surface area contributed by atoms with Crippen LogP contribution in [-0.4, -0.2) is 32.2 Å². The number of fused-ring (bicyclic) bond motifs is 1. The predicted octanol–water partition coefficient (Wildman–Crippen LogP) is 6.63. The Morgan fingerprint density at radius 3 is 2.18 bits per heavy atom. The monoisotopic (exact) mass is 541 g/mol. The van der Waals surface area contributed by atoms with Crippen molar-refractivity contribution in [1.82, 2.24) is 4.98 Å². The molecule has 8 nitrogen and oxygen atoms in total. The van der Waals surface area contributed by atoms with E-state index in [0.29, 0.717) is 33.3 Å². The SMILES string of the molecule is CCc1sc(NC(=O)c2cc3cc(OC)ccc3oc2=Nc2ccc(OC)cc2)nc1-c1ccc(OC)cc1. The molecule has 0 fully saturated rings. The normalized spacial score (nSPS) is 11.4. The van der Waals surface area contributed by atoms with E-state index < -0.39 is 0 Å². The minimum Gasteiger partial charge on any atom is -0.497 e. The minimum atomic E-state index is -0.381. The standard InChI is InChI=1S/C30H27N3O5S/c1-5-26-27(18-6-10-21(35-2)11-7-18)32-30(39-26)33-28(34)24-17-19-16-23(37-4)14-15-25(19)38-29(24)31-20-8-12-22(36-3)13-9-20/h6-17H,5H2,1-4H3,(H,32,33,34). The molecule has 39 heavy (non-hydrogen) atoms. The number of ether oxygens (including phenoxy) is 3. The number of aryl methyl sites for hydroxylation is 1. The Morgan fingerprint density at radius 2 is 1.54 bits per heavy atom. The van der Waals surface area contributed by atoms with E-state index in [1.807, 2.05) is 30.3 Å². The molecule has 0 aliphatic heterocycles. The Balaban J connectivity index is 1.55. The molecule has 0 bridgehead atoms. The van der Waals surface area contributed by atoms with E-state index in [-0.39, 0.29) is 17.0 Å². The lowest BCUT2D eigenvalue weighted by atomic mass is 10.1. The lowest BCUT2D eigenvalue weighted by Crippen LogP contribution is -2.21. The second-order valence-corrected chi connectivity index (χ2v) is 9.59. The van der Waals surface area contributed by atoms with Crippen molar-refractivity contribution in [1.29, 1.82) is 0 Å². The first-order chi connectivity index (χ1) is 19.0. The van der Waals surface area contributed by atoms with Gasteiger partial charge in [0.25, 0.3) is 5.91 Å². The molecule has 198 valence electrons. The van der Waals surface area contributed by atoms with Crippen molar-refractivity contribution in [2.75, 3.05) is 26.6 Å². The van der Waals surface area contributed by atoms with E-state index >= 15 is 0 Å². The van der Waals surface area contributed by atoms with Gasteiger partial charge in [0.05, 0.1) is 32.7 Å². The van der Waals surface area contributed by atoms with Crippen LogP contribution in [0.5, 0.6) is 17.2 Å². The van der Waals surface area contributed by atoms with Gasteiger partial charge in [0.1, 0.15) is 28.4 Å². The average Bonchev–Trinajstić information content (AvgIpc) is 3.39. The topological polar surface area (TPSA) is 95.2 Å². The van der Waals surface area contributed by atoms with Crippen LogP contribution in [0.4, 0.5) is 10.8 Å². The number of nitrogens with zero attached hydrogens (tertiary/aromatic N) is 2. The van der Waals surface area contributed by atoms with Crippen LogP contribution in [0.1, 0.15) is 22.2 Å². The van der Waals surface area contributed by atoms with Gasteiger partial charge in [-0.2, -0.15) is 0 Å².